The van der Waals surface area contributed by atoms with Crippen molar-refractivity contribution in [2.45, 2.75) is 95.2 Å². The number of fused-ring (bicyclic) bond motifs is 1. The van der Waals surface area contributed by atoms with Crippen LogP contribution in [0.25, 0.3) is 11.1 Å². The van der Waals surface area contributed by atoms with Gasteiger partial charge in [0.05, 0.1) is 24.1 Å². The van der Waals surface area contributed by atoms with Crippen molar-refractivity contribution in [3.8, 4) is 16.9 Å². The number of nitrogens with zero attached hydrogens (tertiary/aromatic N) is 2. The number of ether oxygens (including phenoxy) is 2. The highest BCUT2D eigenvalue weighted by atomic mass is 32.2. The monoisotopic (exact) mass is 653 g/mol. The van der Waals surface area contributed by atoms with Crippen molar-refractivity contribution in [2.75, 3.05) is 13.1 Å². The molecule has 2 heterocycles. The number of nitrogens with two attached hydrogens (primary N) is 1. The van der Waals surface area contributed by atoms with Crippen LogP contribution in [0, 0.1) is 0 Å². The van der Waals surface area contributed by atoms with Crippen molar-refractivity contribution >= 4 is 24.4 Å². The molecule has 244 valence electrons. The molecule has 2 atom stereocenters. The second-order valence-electron chi connectivity index (χ2n) is 14.2. The van der Waals surface area contributed by atoms with Crippen LogP contribution < -0.4 is 9.88 Å². The summed E-state index contributed by atoms with van der Waals surface area (Å²) >= 11 is 0. The van der Waals surface area contributed by atoms with Gasteiger partial charge in [0.1, 0.15) is 17.5 Å². The van der Waals surface area contributed by atoms with Crippen LogP contribution in [0.1, 0.15) is 65.2 Å². The summed E-state index contributed by atoms with van der Waals surface area (Å²) in [6, 6.07) is 16.3. The summed E-state index contributed by atoms with van der Waals surface area (Å²) in [6.07, 6.45) is 3.88. The Balaban J connectivity index is 1.58. The zero-order valence-corrected chi connectivity index (χ0v) is 29.5. The molecule has 2 aromatic carbocycles. The molecule has 1 aliphatic heterocycles. The van der Waals surface area contributed by atoms with Crippen LogP contribution in [-0.4, -0.2) is 57.5 Å². The summed E-state index contributed by atoms with van der Waals surface area (Å²) in [5.74, 6) is 0.739. The SMILES string of the molecule is CC(C)(C)OC(=O)N(CC1CCc2cc(-c3cccc(S(N)(=O)=O)c3)ccc2O1)C[C@H](O[Si](C)(C)C(C)(C)C)c1cccnc1. The average molecular weight is 654 g/mol. The highest BCUT2D eigenvalue weighted by Gasteiger charge is 2.41. The molecule has 11 heteroatoms. The van der Waals surface area contributed by atoms with E-state index in [1.807, 2.05) is 57.2 Å². The van der Waals surface area contributed by atoms with Gasteiger partial charge >= 0.3 is 6.09 Å². The van der Waals surface area contributed by atoms with E-state index >= 15 is 0 Å². The number of carbonyl (C=O) groups excluding carboxylic acids is 1. The lowest BCUT2D eigenvalue weighted by Gasteiger charge is -2.41. The molecule has 0 radical (unpaired) electrons. The molecule has 1 amide bonds. The largest absolute Gasteiger partial charge is 0.488 e. The summed E-state index contributed by atoms with van der Waals surface area (Å²) < 4.78 is 42.9. The molecule has 1 unspecified atom stereocenters. The van der Waals surface area contributed by atoms with Crippen molar-refractivity contribution in [2.24, 2.45) is 5.14 Å². The molecule has 9 nitrogen and oxygen atoms in total. The summed E-state index contributed by atoms with van der Waals surface area (Å²) in [5.41, 5.74) is 2.88. The minimum atomic E-state index is -3.81. The minimum absolute atomic E-state index is 0.0286. The van der Waals surface area contributed by atoms with Crippen LogP contribution in [0.3, 0.4) is 0 Å². The molecule has 0 saturated heterocycles. The number of benzene rings is 2. The van der Waals surface area contributed by atoms with Gasteiger partial charge in [0.2, 0.25) is 10.0 Å². The van der Waals surface area contributed by atoms with E-state index in [2.05, 4.69) is 38.8 Å². The molecule has 45 heavy (non-hydrogen) atoms. The molecule has 1 aromatic heterocycles. The fourth-order valence-electron chi connectivity index (χ4n) is 4.91. The Morgan fingerprint density at radius 3 is 2.40 bits per heavy atom. The predicted molar refractivity (Wildman–Crippen MR) is 179 cm³/mol. The number of aromatic nitrogens is 1. The topological polar surface area (TPSA) is 121 Å². The predicted octanol–water partition coefficient (Wildman–Crippen LogP) is 7.09. The van der Waals surface area contributed by atoms with Crippen LogP contribution in [-0.2, 0) is 25.6 Å². The zero-order chi connectivity index (χ0) is 33.2. The molecule has 2 N–H and O–H groups in total. The van der Waals surface area contributed by atoms with E-state index in [9.17, 15) is 13.2 Å². The molecule has 1 aliphatic rings. The Morgan fingerprint density at radius 2 is 1.78 bits per heavy atom. The highest BCUT2D eigenvalue weighted by molar-refractivity contribution is 7.89. The average Bonchev–Trinajstić information content (AvgIpc) is 2.94. The number of aryl methyl sites for hydroxylation is 1. The van der Waals surface area contributed by atoms with Gasteiger partial charge in [0.25, 0.3) is 0 Å². The van der Waals surface area contributed by atoms with E-state index in [4.69, 9.17) is 19.0 Å². The van der Waals surface area contributed by atoms with Crippen molar-refractivity contribution in [1.82, 2.24) is 9.88 Å². The van der Waals surface area contributed by atoms with Gasteiger partial charge in [0, 0.05) is 12.4 Å². The summed E-state index contributed by atoms with van der Waals surface area (Å²) in [4.78, 5) is 19.8. The maximum absolute atomic E-state index is 13.6. The molecule has 0 aliphatic carbocycles. The zero-order valence-electron chi connectivity index (χ0n) is 27.7. The normalized spacial score (nSPS) is 16.3. The summed E-state index contributed by atoms with van der Waals surface area (Å²) in [7, 11) is -6.03. The Kier molecular flexibility index (Phi) is 10.2. The Morgan fingerprint density at radius 1 is 1.07 bits per heavy atom. The lowest BCUT2D eigenvalue weighted by atomic mass is 9.97. The van der Waals surface area contributed by atoms with E-state index in [1.54, 1.807) is 29.4 Å². The lowest BCUT2D eigenvalue weighted by molar-refractivity contribution is 0.00490. The second-order valence-corrected chi connectivity index (χ2v) is 20.5. The molecular weight excluding hydrogens is 607 g/mol. The molecule has 0 spiro atoms. The van der Waals surface area contributed by atoms with Gasteiger partial charge in [-0.25, -0.2) is 18.4 Å². The van der Waals surface area contributed by atoms with Crippen molar-refractivity contribution in [3.05, 3.63) is 78.1 Å². The fraction of sp³-hybridized carbons (Fsp3) is 0.471. The van der Waals surface area contributed by atoms with Gasteiger partial charge in [0.15, 0.2) is 8.32 Å². The third-order valence-corrected chi connectivity index (χ3v) is 13.7. The number of rotatable bonds is 9. The first-order valence-corrected chi connectivity index (χ1v) is 19.8. The molecule has 0 saturated carbocycles. The maximum Gasteiger partial charge on any atom is 0.410 e. The van der Waals surface area contributed by atoms with Crippen LogP contribution >= 0.6 is 0 Å². The van der Waals surface area contributed by atoms with E-state index in [1.165, 1.54) is 6.07 Å². The third kappa shape index (κ3) is 9.15. The van der Waals surface area contributed by atoms with E-state index in [-0.39, 0.29) is 16.0 Å². The molecule has 0 bridgehead atoms. The fourth-order valence-corrected chi connectivity index (χ4v) is 6.75. The smallest absolute Gasteiger partial charge is 0.410 e. The summed E-state index contributed by atoms with van der Waals surface area (Å²) in [5, 5.41) is 5.31. The second kappa shape index (κ2) is 13.2. The standard InChI is InChI=1S/C34H47N3O6SSi/c1-33(2,3)42-32(38)37(23-31(27-12-10-18-36-21-27)43-45(7,8)34(4,5)6)22-28-16-14-26-19-25(15-17-30(26)41-28)24-11-9-13-29(20-24)44(35,39)40/h9-13,15,17-21,28,31H,14,16,22-23H2,1-8H3,(H2,35,39,40)/t28?,31-/m0/s1. The van der Waals surface area contributed by atoms with Gasteiger partial charge in [-0.05, 0) is 104 Å². The quantitative estimate of drug-likeness (QED) is 0.245. The van der Waals surface area contributed by atoms with Gasteiger partial charge < -0.3 is 18.8 Å². The molecule has 0 fully saturated rings. The number of carbonyl (C=O) groups is 1. The van der Waals surface area contributed by atoms with Crippen molar-refractivity contribution in [3.63, 3.8) is 0 Å². The molecular formula is C34H47N3O6SSi. The molecule has 3 aromatic rings. The first-order valence-electron chi connectivity index (χ1n) is 15.3. The van der Waals surface area contributed by atoms with Gasteiger partial charge in [-0.2, -0.15) is 0 Å². The van der Waals surface area contributed by atoms with Crippen LogP contribution in [0.15, 0.2) is 71.9 Å². The minimum Gasteiger partial charge on any atom is -0.488 e. The first-order chi connectivity index (χ1) is 20.8. The molecule has 4 rings (SSSR count). The van der Waals surface area contributed by atoms with Crippen LogP contribution in [0.5, 0.6) is 5.75 Å². The number of sulfonamides is 1. The van der Waals surface area contributed by atoms with Crippen LogP contribution in [0.4, 0.5) is 4.79 Å². The maximum atomic E-state index is 13.6. The van der Waals surface area contributed by atoms with E-state index in [0.717, 1.165) is 34.4 Å². The van der Waals surface area contributed by atoms with E-state index in [0.29, 0.717) is 19.5 Å². The van der Waals surface area contributed by atoms with Crippen molar-refractivity contribution < 1.29 is 27.1 Å². The van der Waals surface area contributed by atoms with Crippen LogP contribution in [0.2, 0.25) is 18.1 Å². The lowest BCUT2D eigenvalue weighted by Crippen LogP contribution is -2.48. The number of hydrogen-bond donors (Lipinski definition) is 1. The Labute approximate surface area is 269 Å². The number of primary sulfonamides is 1. The summed E-state index contributed by atoms with van der Waals surface area (Å²) in [6.45, 7) is 17.2. The number of pyridine rings is 1. The van der Waals surface area contributed by atoms with Gasteiger partial charge in [-0.1, -0.05) is 45.0 Å². The van der Waals surface area contributed by atoms with Gasteiger partial charge in [-0.3, -0.25) is 4.98 Å². The number of amides is 1. The highest BCUT2D eigenvalue weighted by Crippen LogP contribution is 2.40. The van der Waals surface area contributed by atoms with E-state index < -0.39 is 36.1 Å². The van der Waals surface area contributed by atoms with Gasteiger partial charge in [-0.15, -0.1) is 0 Å². The Hall–Kier alpha value is -3.25. The third-order valence-electron chi connectivity index (χ3n) is 8.35. The van der Waals surface area contributed by atoms with Crippen molar-refractivity contribution in [1.29, 1.82) is 0 Å². The first kappa shape index (κ1) is 34.6. The Bertz CT molecular complexity index is 1600. The number of hydrogen-bond acceptors (Lipinski definition) is 7.